The number of hydrogen-bond donors (Lipinski definition) is 1. The third-order valence-electron chi connectivity index (χ3n) is 2.78. The van der Waals surface area contributed by atoms with Crippen LogP contribution in [0.3, 0.4) is 0 Å². The molecule has 0 fully saturated rings. The SMILES string of the molecule is OC(Cc1csc(-c2cncs2)n1)c1ccccc1. The monoisotopic (exact) mass is 288 g/mol. The van der Waals surface area contributed by atoms with Crippen LogP contribution in [-0.2, 0) is 6.42 Å². The molecule has 2 heterocycles. The molecule has 0 aliphatic heterocycles. The van der Waals surface area contributed by atoms with Crippen molar-refractivity contribution in [3.63, 3.8) is 0 Å². The average Bonchev–Trinajstić information content (AvgIpc) is 3.10. The fraction of sp³-hybridized carbons (Fsp3) is 0.143. The van der Waals surface area contributed by atoms with Crippen molar-refractivity contribution in [1.82, 2.24) is 9.97 Å². The summed E-state index contributed by atoms with van der Waals surface area (Å²) in [6, 6.07) is 9.67. The van der Waals surface area contributed by atoms with E-state index in [4.69, 9.17) is 0 Å². The zero-order chi connectivity index (χ0) is 13.1. The molecule has 1 unspecified atom stereocenters. The van der Waals surface area contributed by atoms with Gasteiger partial charge >= 0.3 is 0 Å². The lowest BCUT2D eigenvalue weighted by Gasteiger charge is -2.08. The van der Waals surface area contributed by atoms with Crippen LogP contribution in [0, 0.1) is 0 Å². The number of aromatic nitrogens is 2. The van der Waals surface area contributed by atoms with Gasteiger partial charge < -0.3 is 5.11 Å². The molecule has 0 aliphatic rings. The van der Waals surface area contributed by atoms with Crippen LogP contribution in [0.1, 0.15) is 17.4 Å². The third-order valence-corrected chi connectivity index (χ3v) is 4.62. The molecule has 0 aliphatic carbocycles. The number of nitrogens with zero attached hydrogens (tertiary/aromatic N) is 2. The van der Waals surface area contributed by atoms with E-state index < -0.39 is 6.10 Å². The minimum atomic E-state index is -0.502. The second-order valence-corrected chi connectivity index (χ2v) is 5.88. The van der Waals surface area contributed by atoms with Crippen LogP contribution in [0.2, 0.25) is 0 Å². The quantitative estimate of drug-likeness (QED) is 0.798. The Kier molecular flexibility index (Phi) is 3.68. The molecule has 19 heavy (non-hydrogen) atoms. The van der Waals surface area contributed by atoms with Crippen molar-refractivity contribution in [3.05, 3.63) is 58.7 Å². The summed E-state index contributed by atoms with van der Waals surface area (Å²) >= 11 is 3.17. The summed E-state index contributed by atoms with van der Waals surface area (Å²) in [5, 5.41) is 13.1. The Bertz CT molecular complexity index is 635. The van der Waals surface area contributed by atoms with Gasteiger partial charge in [0.2, 0.25) is 0 Å². The van der Waals surface area contributed by atoms with Gasteiger partial charge in [0, 0.05) is 18.0 Å². The lowest BCUT2D eigenvalue weighted by molar-refractivity contribution is 0.177. The van der Waals surface area contributed by atoms with Crippen LogP contribution < -0.4 is 0 Å². The summed E-state index contributed by atoms with van der Waals surface area (Å²) in [5.41, 5.74) is 3.65. The van der Waals surface area contributed by atoms with E-state index in [2.05, 4.69) is 9.97 Å². The smallest absolute Gasteiger partial charge is 0.135 e. The minimum Gasteiger partial charge on any atom is -0.388 e. The Balaban J connectivity index is 1.74. The van der Waals surface area contributed by atoms with Gasteiger partial charge in [-0.1, -0.05) is 30.3 Å². The first kappa shape index (κ1) is 12.5. The van der Waals surface area contributed by atoms with Crippen LogP contribution in [0.15, 0.2) is 47.4 Å². The molecule has 1 atom stereocenters. The molecule has 96 valence electrons. The standard InChI is InChI=1S/C14H12N2OS2/c17-12(10-4-2-1-3-5-10)6-11-8-18-14(16-11)13-7-15-9-19-13/h1-5,7-9,12,17H,6H2. The number of thiazole rings is 2. The molecular weight excluding hydrogens is 276 g/mol. The second kappa shape index (κ2) is 5.61. The summed E-state index contributed by atoms with van der Waals surface area (Å²) < 4.78 is 0. The molecule has 3 aromatic rings. The summed E-state index contributed by atoms with van der Waals surface area (Å²) in [6.45, 7) is 0. The van der Waals surface area contributed by atoms with E-state index in [1.165, 1.54) is 0 Å². The normalized spacial score (nSPS) is 12.5. The number of aliphatic hydroxyl groups is 1. The first-order valence-electron chi connectivity index (χ1n) is 5.89. The zero-order valence-corrected chi connectivity index (χ0v) is 11.7. The number of aliphatic hydroxyl groups excluding tert-OH is 1. The van der Waals surface area contributed by atoms with Gasteiger partial charge in [-0.2, -0.15) is 0 Å². The van der Waals surface area contributed by atoms with Crippen molar-refractivity contribution < 1.29 is 5.11 Å². The van der Waals surface area contributed by atoms with E-state index in [-0.39, 0.29) is 0 Å². The first-order chi connectivity index (χ1) is 9.33. The minimum absolute atomic E-state index is 0.502. The molecule has 0 saturated carbocycles. The van der Waals surface area contributed by atoms with Crippen molar-refractivity contribution in [2.45, 2.75) is 12.5 Å². The van der Waals surface area contributed by atoms with Gasteiger partial charge in [0.15, 0.2) is 0 Å². The van der Waals surface area contributed by atoms with Gasteiger partial charge in [0.05, 0.1) is 22.2 Å². The number of rotatable bonds is 4. The Hall–Kier alpha value is -1.56. The largest absolute Gasteiger partial charge is 0.388 e. The summed E-state index contributed by atoms with van der Waals surface area (Å²) in [4.78, 5) is 9.67. The van der Waals surface area contributed by atoms with E-state index in [9.17, 15) is 5.11 Å². The summed E-state index contributed by atoms with van der Waals surface area (Å²) in [7, 11) is 0. The highest BCUT2D eigenvalue weighted by atomic mass is 32.1. The van der Waals surface area contributed by atoms with Crippen molar-refractivity contribution in [1.29, 1.82) is 0 Å². The summed E-state index contributed by atoms with van der Waals surface area (Å²) in [6.07, 6.45) is 1.86. The topological polar surface area (TPSA) is 46.0 Å². The predicted molar refractivity (Wildman–Crippen MR) is 78.3 cm³/mol. The Labute approximate surface area is 119 Å². The van der Waals surface area contributed by atoms with E-state index >= 15 is 0 Å². The van der Waals surface area contributed by atoms with Crippen molar-refractivity contribution >= 4 is 22.7 Å². The highest BCUT2D eigenvalue weighted by Gasteiger charge is 2.12. The Morgan fingerprint density at radius 2 is 2.00 bits per heavy atom. The molecule has 0 amide bonds. The number of benzene rings is 1. The molecule has 3 rings (SSSR count). The van der Waals surface area contributed by atoms with E-state index in [1.54, 1.807) is 28.2 Å². The maximum atomic E-state index is 10.2. The molecule has 1 aromatic carbocycles. The molecule has 0 bridgehead atoms. The molecule has 0 radical (unpaired) electrons. The average molecular weight is 288 g/mol. The predicted octanol–water partition coefficient (Wildman–Crippen LogP) is 3.54. The zero-order valence-electron chi connectivity index (χ0n) is 10.1. The molecule has 3 nitrogen and oxygen atoms in total. The van der Waals surface area contributed by atoms with Crippen LogP contribution in [-0.4, -0.2) is 15.1 Å². The molecule has 0 saturated heterocycles. The van der Waals surface area contributed by atoms with Crippen molar-refractivity contribution in [3.8, 4) is 9.88 Å². The number of hydrogen-bond acceptors (Lipinski definition) is 5. The van der Waals surface area contributed by atoms with Crippen LogP contribution in [0.4, 0.5) is 0 Å². The fourth-order valence-corrected chi connectivity index (χ4v) is 3.35. The van der Waals surface area contributed by atoms with Crippen LogP contribution in [0.5, 0.6) is 0 Å². The highest BCUT2D eigenvalue weighted by Crippen LogP contribution is 2.28. The van der Waals surface area contributed by atoms with Crippen LogP contribution >= 0.6 is 22.7 Å². The Morgan fingerprint density at radius 3 is 2.74 bits per heavy atom. The molecule has 2 aromatic heterocycles. The fourth-order valence-electron chi connectivity index (χ4n) is 1.83. The molecule has 5 heteroatoms. The maximum Gasteiger partial charge on any atom is 0.135 e. The lowest BCUT2D eigenvalue weighted by atomic mass is 10.1. The Morgan fingerprint density at radius 1 is 1.16 bits per heavy atom. The van der Waals surface area contributed by atoms with Crippen molar-refractivity contribution in [2.24, 2.45) is 0 Å². The first-order valence-corrected chi connectivity index (χ1v) is 7.65. The third kappa shape index (κ3) is 2.89. The van der Waals surface area contributed by atoms with E-state index in [0.717, 1.165) is 21.1 Å². The van der Waals surface area contributed by atoms with Gasteiger partial charge in [-0.25, -0.2) is 4.98 Å². The maximum absolute atomic E-state index is 10.2. The van der Waals surface area contributed by atoms with Gasteiger partial charge in [0.1, 0.15) is 5.01 Å². The van der Waals surface area contributed by atoms with E-state index in [1.807, 2.05) is 41.9 Å². The highest BCUT2D eigenvalue weighted by molar-refractivity contribution is 7.19. The molecule has 1 N–H and O–H groups in total. The molecule has 0 spiro atoms. The van der Waals surface area contributed by atoms with Gasteiger partial charge in [-0.15, -0.1) is 22.7 Å². The van der Waals surface area contributed by atoms with Gasteiger partial charge in [-0.3, -0.25) is 4.98 Å². The second-order valence-electron chi connectivity index (χ2n) is 4.14. The van der Waals surface area contributed by atoms with E-state index in [0.29, 0.717) is 6.42 Å². The lowest BCUT2D eigenvalue weighted by Crippen LogP contribution is -2.01. The van der Waals surface area contributed by atoms with Crippen LogP contribution in [0.25, 0.3) is 9.88 Å². The summed E-state index contributed by atoms with van der Waals surface area (Å²) in [5.74, 6) is 0. The van der Waals surface area contributed by atoms with Gasteiger partial charge in [-0.05, 0) is 5.56 Å². The van der Waals surface area contributed by atoms with Gasteiger partial charge in [0.25, 0.3) is 0 Å². The van der Waals surface area contributed by atoms with Crippen molar-refractivity contribution in [2.75, 3.05) is 0 Å². The molecular formula is C14H12N2OS2.